The Balaban J connectivity index is 1.75. The van der Waals surface area contributed by atoms with Crippen molar-refractivity contribution in [2.24, 2.45) is 5.73 Å². The van der Waals surface area contributed by atoms with Crippen LogP contribution < -0.4 is 20.1 Å². The highest BCUT2D eigenvalue weighted by molar-refractivity contribution is 5.91. The van der Waals surface area contributed by atoms with Gasteiger partial charge in [0.15, 0.2) is 17.1 Å². The van der Waals surface area contributed by atoms with E-state index in [0.29, 0.717) is 30.2 Å². The molecule has 0 unspecified atom stereocenters. The molecule has 1 aliphatic carbocycles. The number of rotatable bonds is 6. The van der Waals surface area contributed by atoms with Crippen LogP contribution in [0.15, 0.2) is 42.5 Å². The van der Waals surface area contributed by atoms with Crippen LogP contribution in [-0.2, 0) is 4.79 Å². The maximum atomic E-state index is 12.0. The first kappa shape index (κ1) is 19.0. The Hall–Kier alpha value is -3.35. The number of methoxy groups -OCH3 is 1. The third kappa shape index (κ3) is 3.33. The van der Waals surface area contributed by atoms with Crippen LogP contribution in [0.3, 0.4) is 0 Å². The van der Waals surface area contributed by atoms with Crippen molar-refractivity contribution in [3.8, 4) is 11.5 Å². The normalized spacial score (nSPS) is 14.9. The fraction of sp³-hybridized carbons (Fsp3) is 0.318. The number of aryl methyl sites for hydroxylation is 1. The Morgan fingerprint density at radius 3 is 2.55 bits per heavy atom. The lowest BCUT2D eigenvalue weighted by atomic mass is 9.79. The molecule has 150 valence electrons. The maximum absolute atomic E-state index is 12.0. The summed E-state index contributed by atoms with van der Waals surface area (Å²) in [5, 5.41) is 0.950. The zero-order valence-corrected chi connectivity index (χ0v) is 16.8. The molecule has 1 amide bonds. The Morgan fingerprint density at radius 2 is 1.90 bits per heavy atom. The lowest BCUT2D eigenvalue weighted by Crippen LogP contribution is -2.54. The molecule has 2 aromatic carbocycles. The van der Waals surface area contributed by atoms with Crippen LogP contribution >= 0.6 is 0 Å². The van der Waals surface area contributed by atoms with Gasteiger partial charge in [-0.15, -0.1) is 0 Å². The number of fused-ring (bicyclic) bond motifs is 1. The molecule has 0 bridgehead atoms. The number of ether oxygens (including phenoxy) is 2. The molecule has 1 fully saturated rings. The number of hydrogen-bond acceptors (Lipinski definition) is 6. The smallest absolute Gasteiger partial charge is 0.261 e. The van der Waals surface area contributed by atoms with Crippen molar-refractivity contribution in [2.75, 3.05) is 19.1 Å². The van der Waals surface area contributed by atoms with Crippen LogP contribution in [0.25, 0.3) is 10.9 Å². The first-order valence-electron chi connectivity index (χ1n) is 9.57. The molecule has 0 spiro atoms. The lowest BCUT2D eigenvalue weighted by molar-refractivity contribution is -0.140. The van der Waals surface area contributed by atoms with Crippen molar-refractivity contribution in [3.63, 3.8) is 0 Å². The van der Waals surface area contributed by atoms with Crippen molar-refractivity contribution >= 4 is 28.3 Å². The molecular formula is C22H24N4O3. The molecule has 1 aromatic heterocycles. The minimum Gasteiger partial charge on any atom is -0.493 e. The molecule has 1 aliphatic rings. The third-order valence-electron chi connectivity index (χ3n) is 5.46. The van der Waals surface area contributed by atoms with Gasteiger partial charge in [-0.3, -0.25) is 4.79 Å². The van der Waals surface area contributed by atoms with Gasteiger partial charge in [-0.25, -0.2) is 9.97 Å². The molecule has 4 rings (SSSR count). The van der Waals surface area contributed by atoms with Crippen molar-refractivity contribution in [2.45, 2.75) is 31.8 Å². The number of amides is 1. The van der Waals surface area contributed by atoms with E-state index in [2.05, 4.69) is 9.97 Å². The number of nitrogens with zero attached hydrogens (tertiary/aromatic N) is 3. The molecule has 29 heavy (non-hydrogen) atoms. The van der Waals surface area contributed by atoms with E-state index in [9.17, 15) is 4.79 Å². The van der Waals surface area contributed by atoms with Gasteiger partial charge in [0.05, 0.1) is 12.6 Å². The Morgan fingerprint density at radius 1 is 1.14 bits per heavy atom. The molecule has 1 heterocycles. The van der Waals surface area contributed by atoms with Gasteiger partial charge in [0.2, 0.25) is 0 Å². The number of carbonyl (C=O) groups is 1. The van der Waals surface area contributed by atoms with Crippen molar-refractivity contribution < 1.29 is 14.3 Å². The largest absolute Gasteiger partial charge is 0.493 e. The molecule has 0 atom stereocenters. The summed E-state index contributed by atoms with van der Waals surface area (Å²) in [6, 6.07) is 13.5. The van der Waals surface area contributed by atoms with Crippen LogP contribution in [0.2, 0.25) is 0 Å². The minimum absolute atomic E-state index is 0.443. The van der Waals surface area contributed by atoms with Crippen LogP contribution in [0.5, 0.6) is 11.5 Å². The number of hydrogen-bond donors (Lipinski definition) is 1. The molecule has 0 radical (unpaired) electrons. The van der Waals surface area contributed by atoms with Gasteiger partial charge in [-0.1, -0.05) is 12.1 Å². The van der Waals surface area contributed by atoms with Crippen molar-refractivity contribution in [1.82, 2.24) is 9.97 Å². The van der Waals surface area contributed by atoms with Crippen LogP contribution in [-0.4, -0.2) is 35.6 Å². The van der Waals surface area contributed by atoms with Gasteiger partial charge in [0, 0.05) is 24.2 Å². The summed E-state index contributed by atoms with van der Waals surface area (Å²) < 4.78 is 11.5. The zero-order chi connectivity index (χ0) is 20.6. The van der Waals surface area contributed by atoms with Gasteiger partial charge in [0.1, 0.15) is 11.6 Å². The highest BCUT2D eigenvalue weighted by atomic mass is 16.5. The number of aromatic nitrogens is 2. The summed E-state index contributed by atoms with van der Waals surface area (Å²) in [6.45, 7) is 1.87. The second kappa shape index (κ2) is 7.24. The fourth-order valence-corrected chi connectivity index (χ4v) is 3.61. The monoisotopic (exact) mass is 392 g/mol. The third-order valence-corrected chi connectivity index (χ3v) is 5.46. The number of anilines is 2. The van der Waals surface area contributed by atoms with E-state index >= 15 is 0 Å². The lowest BCUT2D eigenvalue weighted by Gasteiger charge is -2.39. The molecule has 0 aliphatic heterocycles. The van der Waals surface area contributed by atoms with Crippen molar-refractivity contribution in [1.29, 1.82) is 0 Å². The van der Waals surface area contributed by atoms with E-state index in [-0.39, 0.29) is 0 Å². The Bertz CT molecular complexity index is 1080. The summed E-state index contributed by atoms with van der Waals surface area (Å²) >= 11 is 0. The van der Waals surface area contributed by atoms with E-state index < -0.39 is 11.5 Å². The molecule has 2 N–H and O–H groups in total. The van der Waals surface area contributed by atoms with Crippen LogP contribution in [0.4, 0.5) is 11.5 Å². The SMILES string of the molecule is COc1ccc(N(C)c2nc(C)nc3ccccc23)cc1OC1(C(N)=O)CCC1. The van der Waals surface area contributed by atoms with E-state index in [4.69, 9.17) is 15.2 Å². The van der Waals surface area contributed by atoms with E-state index in [1.807, 2.05) is 61.3 Å². The summed E-state index contributed by atoms with van der Waals surface area (Å²) in [7, 11) is 3.51. The van der Waals surface area contributed by atoms with Gasteiger partial charge in [-0.2, -0.15) is 0 Å². The van der Waals surface area contributed by atoms with E-state index in [1.165, 1.54) is 0 Å². The second-order valence-corrected chi connectivity index (χ2v) is 7.32. The predicted octanol–water partition coefficient (Wildman–Crippen LogP) is 3.50. The average Bonchev–Trinajstić information content (AvgIpc) is 2.69. The Labute approximate surface area is 169 Å². The molecule has 3 aromatic rings. The molecule has 1 saturated carbocycles. The van der Waals surface area contributed by atoms with E-state index in [0.717, 1.165) is 28.8 Å². The standard InChI is InChI=1S/C22H24N4O3/c1-14-24-17-8-5-4-7-16(17)20(25-14)26(2)15-9-10-18(28-3)19(13-15)29-22(21(23)27)11-6-12-22/h4-5,7-10,13H,6,11-12H2,1-3H3,(H2,23,27). The Kier molecular flexibility index (Phi) is 4.74. The number of para-hydroxylation sites is 1. The van der Waals surface area contributed by atoms with Crippen LogP contribution in [0, 0.1) is 6.92 Å². The molecule has 7 nitrogen and oxygen atoms in total. The number of primary amides is 1. The fourth-order valence-electron chi connectivity index (χ4n) is 3.61. The number of carbonyl (C=O) groups excluding carboxylic acids is 1. The van der Waals surface area contributed by atoms with Gasteiger partial charge in [0.25, 0.3) is 5.91 Å². The van der Waals surface area contributed by atoms with Gasteiger partial charge in [-0.05, 0) is 50.5 Å². The second-order valence-electron chi connectivity index (χ2n) is 7.32. The summed E-state index contributed by atoms with van der Waals surface area (Å²) in [5.74, 6) is 2.08. The molecular weight excluding hydrogens is 368 g/mol. The zero-order valence-electron chi connectivity index (χ0n) is 16.8. The number of nitrogens with two attached hydrogens (primary N) is 1. The molecule has 0 saturated heterocycles. The quantitative estimate of drug-likeness (QED) is 0.690. The first-order valence-corrected chi connectivity index (χ1v) is 9.57. The van der Waals surface area contributed by atoms with Gasteiger partial charge < -0.3 is 20.1 Å². The summed E-state index contributed by atoms with van der Waals surface area (Å²) in [5.41, 5.74) is 6.39. The highest BCUT2D eigenvalue weighted by Gasteiger charge is 2.45. The topological polar surface area (TPSA) is 90.6 Å². The number of benzene rings is 2. The first-order chi connectivity index (χ1) is 13.9. The maximum Gasteiger partial charge on any atom is 0.261 e. The van der Waals surface area contributed by atoms with Gasteiger partial charge >= 0.3 is 0 Å². The highest BCUT2D eigenvalue weighted by Crippen LogP contribution is 2.42. The average molecular weight is 392 g/mol. The summed E-state index contributed by atoms with van der Waals surface area (Å²) in [4.78, 5) is 23.1. The van der Waals surface area contributed by atoms with E-state index in [1.54, 1.807) is 7.11 Å². The summed E-state index contributed by atoms with van der Waals surface area (Å²) in [6.07, 6.45) is 2.14. The minimum atomic E-state index is -0.956. The van der Waals surface area contributed by atoms with Crippen molar-refractivity contribution in [3.05, 3.63) is 48.3 Å². The predicted molar refractivity (Wildman–Crippen MR) is 112 cm³/mol. The molecule has 7 heteroatoms. The van der Waals surface area contributed by atoms with Crippen LogP contribution in [0.1, 0.15) is 25.1 Å².